The molecule has 0 aliphatic rings. The fourth-order valence-corrected chi connectivity index (χ4v) is 2.41. The van der Waals surface area contributed by atoms with Crippen molar-refractivity contribution in [3.05, 3.63) is 11.1 Å². The van der Waals surface area contributed by atoms with Gasteiger partial charge in [0.05, 0.1) is 0 Å². The van der Waals surface area contributed by atoms with Crippen LogP contribution in [0, 0.1) is 6.92 Å². The lowest BCUT2D eigenvalue weighted by molar-refractivity contribution is 0.581. The zero-order valence-electron chi connectivity index (χ0n) is 7.82. The molecule has 0 aliphatic carbocycles. The first-order valence-corrected chi connectivity index (χ1v) is 6.00. The average Bonchev–Trinajstić information content (AvgIpc) is 2.29. The van der Waals surface area contributed by atoms with Crippen molar-refractivity contribution in [2.24, 2.45) is 0 Å². The molecule has 0 amide bonds. The first-order valence-electron chi connectivity index (χ1n) is 3.89. The van der Waals surface area contributed by atoms with E-state index in [1.54, 1.807) is 10.8 Å². The Bertz CT molecular complexity index is 306. The van der Waals surface area contributed by atoms with Gasteiger partial charge in [0.2, 0.25) is 5.28 Å². The summed E-state index contributed by atoms with van der Waals surface area (Å²) in [7, 11) is -0.832. The summed E-state index contributed by atoms with van der Waals surface area (Å²) in [6, 6.07) is 0.0772. The van der Waals surface area contributed by atoms with Crippen LogP contribution in [-0.4, -0.2) is 31.0 Å². The number of aromatic nitrogens is 3. The molecule has 74 valence electrons. The third kappa shape index (κ3) is 2.51. The number of hydrogen-bond acceptors (Lipinski definition) is 3. The molecule has 4 nitrogen and oxygen atoms in total. The number of halogens is 1. The fourth-order valence-electron chi connectivity index (χ4n) is 1.26. The van der Waals surface area contributed by atoms with Crippen LogP contribution in [0.3, 0.4) is 0 Å². The predicted octanol–water partition coefficient (Wildman–Crippen LogP) is 1.18. The highest BCUT2D eigenvalue weighted by atomic mass is 35.5. The molecule has 6 heteroatoms. The first-order chi connectivity index (χ1) is 6.02. The molecule has 0 fully saturated rings. The quantitative estimate of drug-likeness (QED) is 0.770. The van der Waals surface area contributed by atoms with Crippen molar-refractivity contribution in [1.29, 1.82) is 0 Å². The number of hydrogen-bond donors (Lipinski definition) is 0. The molecule has 13 heavy (non-hydrogen) atoms. The average molecular weight is 222 g/mol. The second-order valence-electron chi connectivity index (χ2n) is 2.98. The second-order valence-corrected chi connectivity index (χ2v) is 4.79. The minimum atomic E-state index is -0.832. The van der Waals surface area contributed by atoms with E-state index >= 15 is 0 Å². The van der Waals surface area contributed by atoms with Gasteiger partial charge in [-0.15, -0.1) is 10.2 Å². The van der Waals surface area contributed by atoms with Gasteiger partial charge in [-0.1, -0.05) is 0 Å². The Morgan fingerprint density at radius 2 is 2.23 bits per heavy atom. The molecule has 0 bridgehead atoms. The van der Waals surface area contributed by atoms with Crippen LogP contribution in [0.2, 0.25) is 5.28 Å². The molecule has 2 atom stereocenters. The van der Waals surface area contributed by atoms with E-state index in [1.807, 2.05) is 13.8 Å². The van der Waals surface area contributed by atoms with Gasteiger partial charge in [0.15, 0.2) is 0 Å². The van der Waals surface area contributed by atoms with Gasteiger partial charge in [-0.25, -0.2) is 0 Å². The van der Waals surface area contributed by atoms with E-state index in [4.69, 9.17) is 11.6 Å². The van der Waals surface area contributed by atoms with E-state index in [0.29, 0.717) is 11.0 Å². The molecule has 0 spiro atoms. The maximum absolute atomic E-state index is 11.0. The summed E-state index contributed by atoms with van der Waals surface area (Å²) >= 11 is 5.81. The van der Waals surface area contributed by atoms with Crippen molar-refractivity contribution < 1.29 is 4.21 Å². The van der Waals surface area contributed by atoms with Crippen molar-refractivity contribution in [2.45, 2.75) is 19.9 Å². The van der Waals surface area contributed by atoms with Crippen molar-refractivity contribution >= 4 is 22.4 Å². The smallest absolute Gasteiger partial charge is 0.225 e. The van der Waals surface area contributed by atoms with Gasteiger partial charge in [0.25, 0.3) is 0 Å². The van der Waals surface area contributed by atoms with Crippen LogP contribution in [0.4, 0.5) is 0 Å². The third-order valence-corrected chi connectivity index (χ3v) is 2.95. The monoisotopic (exact) mass is 221 g/mol. The molecule has 1 rings (SSSR count). The number of nitrogens with zero attached hydrogens (tertiary/aromatic N) is 3. The Labute approximate surface area is 84.8 Å². The standard InChI is InChI=1S/C7H12ClN3OS/c1-5(4-13(3)12)11-6(2)9-10-7(11)8/h5H,4H2,1-3H3. The highest BCUT2D eigenvalue weighted by Crippen LogP contribution is 2.15. The normalized spacial score (nSPS) is 15.7. The number of rotatable bonds is 3. The molecule has 0 aromatic carbocycles. The van der Waals surface area contributed by atoms with Crippen molar-refractivity contribution in [1.82, 2.24) is 14.8 Å². The van der Waals surface area contributed by atoms with Gasteiger partial charge in [0.1, 0.15) is 5.82 Å². The van der Waals surface area contributed by atoms with Gasteiger partial charge in [0, 0.05) is 28.9 Å². The molecular formula is C7H12ClN3OS. The van der Waals surface area contributed by atoms with Crippen LogP contribution >= 0.6 is 11.6 Å². The lowest BCUT2D eigenvalue weighted by atomic mass is 10.4. The Kier molecular flexibility index (Phi) is 3.44. The molecule has 0 saturated heterocycles. The van der Waals surface area contributed by atoms with Crippen LogP contribution in [0.5, 0.6) is 0 Å². The number of aryl methyl sites for hydroxylation is 1. The van der Waals surface area contributed by atoms with E-state index in [0.717, 1.165) is 5.82 Å². The van der Waals surface area contributed by atoms with Crippen LogP contribution in [0.1, 0.15) is 18.8 Å². The van der Waals surface area contributed by atoms with E-state index in [9.17, 15) is 4.21 Å². The summed E-state index contributed by atoms with van der Waals surface area (Å²) in [6.45, 7) is 3.78. The Morgan fingerprint density at radius 1 is 1.62 bits per heavy atom. The fraction of sp³-hybridized carbons (Fsp3) is 0.714. The van der Waals surface area contributed by atoms with E-state index in [-0.39, 0.29) is 6.04 Å². The van der Waals surface area contributed by atoms with Gasteiger partial charge in [-0.05, 0) is 25.4 Å². The first kappa shape index (κ1) is 10.7. The summed E-state index contributed by atoms with van der Waals surface area (Å²) < 4.78 is 12.8. The molecule has 0 radical (unpaired) electrons. The lowest BCUT2D eigenvalue weighted by Crippen LogP contribution is -2.14. The summed E-state index contributed by atoms with van der Waals surface area (Å²) in [6.07, 6.45) is 1.67. The van der Waals surface area contributed by atoms with Gasteiger partial charge in [-0.2, -0.15) is 0 Å². The summed E-state index contributed by atoms with van der Waals surface area (Å²) in [5.41, 5.74) is 0. The Hall–Kier alpha value is -0.420. The highest BCUT2D eigenvalue weighted by Gasteiger charge is 2.13. The third-order valence-electron chi connectivity index (χ3n) is 1.74. The van der Waals surface area contributed by atoms with Gasteiger partial charge < -0.3 is 0 Å². The van der Waals surface area contributed by atoms with Crippen molar-refractivity contribution in [3.8, 4) is 0 Å². The zero-order chi connectivity index (χ0) is 10.0. The van der Waals surface area contributed by atoms with E-state index < -0.39 is 10.8 Å². The van der Waals surface area contributed by atoms with E-state index in [1.165, 1.54) is 0 Å². The van der Waals surface area contributed by atoms with Gasteiger partial charge in [-0.3, -0.25) is 8.78 Å². The SMILES string of the molecule is Cc1nnc(Cl)n1C(C)CS(C)=O. The molecular weight excluding hydrogens is 210 g/mol. The molecule has 1 aromatic heterocycles. The summed E-state index contributed by atoms with van der Waals surface area (Å²) in [5, 5.41) is 7.91. The summed E-state index contributed by atoms with van der Waals surface area (Å²) in [5.74, 6) is 1.32. The molecule has 1 aromatic rings. The Balaban J connectivity index is 2.87. The summed E-state index contributed by atoms with van der Waals surface area (Å²) in [4.78, 5) is 0. The second kappa shape index (κ2) is 4.19. The van der Waals surface area contributed by atoms with Crippen molar-refractivity contribution in [3.63, 3.8) is 0 Å². The molecule has 0 N–H and O–H groups in total. The van der Waals surface area contributed by atoms with Crippen LogP contribution in [0.25, 0.3) is 0 Å². The molecule has 0 aliphatic heterocycles. The van der Waals surface area contributed by atoms with Crippen LogP contribution < -0.4 is 0 Å². The highest BCUT2D eigenvalue weighted by molar-refractivity contribution is 7.84. The van der Waals surface area contributed by atoms with Crippen LogP contribution in [-0.2, 0) is 10.8 Å². The maximum Gasteiger partial charge on any atom is 0.225 e. The molecule has 0 saturated carbocycles. The van der Waals surface area contributed by atoms with Gasteiger partial charge >= 0.3 is 0 Å². The molecule has 1 heterocycles. The Morgan fingerprint density at radius 3 is 2.62 bits per heavy atom. The largest absolute Gasteiger partial charge is 0.298 e. The topological polar surface area (TPSA) is 47.8 Å². The van der Waals surface area contributed by atoms with Crippen molar-refractivity contribution in [2.75, 3.05) is 12.0 Å². The van der Waals surface area contributed by atoms with Crippen LogP contribution in [0.15, 0.2) is 0 Å². The maximum atomic E-state index is 11.0. The minimum Gasteiger partial charge on any atom is -0.298 e. The van der Waals surface area contributed by atoms with E-state index in [2.05, 4.69) is 10.2 Å². The zero-order valence-corrected chi connectivity index (χ0v) is 9.39. The predicted molar refractivity (Wildman–Crippen MR) is 53.4 cm³/mol. The minimum absolute atomic E-state index is 0.0772. The molecule has 2 unspecified atom stereocenters. The lowest BCUT2D eigenvalue weighted by Gasteiger charge is -2.13.